The van der Waals surface area contributed by atoms with E-state index in [1.807, 2.05) is 12.1 Å². The summed E-state index contributed by atoms with van der Waals surface area (Å²) in [6, 6.07) is 10.4. The zero-order valence-corrected chi connectivity index (χ0v) is 28.0. The molecule has 0 unspecified atom stereocenters. The van der Waals surface area contributed by atoms with Gasteiger partial charge in [-0.25, -0.2) is 0 Å². The lowest BCUT2D eigenvalue weighted by Gasteiger charge is -2.29. The van der Waals surface area contributed by atoms with Crippen molar-refractivity contribution < 1.29 is 25.6 Å². The van der Waals surface area contributed by atoms with Crippen LogP contribution in [0.4, 0.5) is 0 Å². The molecule has 0 aromatic heterocycles. The second-order valence-corrected chi connectivity index (χ2v) is 16.5. The van der Waals surface area contributed by atoms with Crippen LogP contribution in [0.15, 0.2) is 46.2 Å². The molecule has 0 aliphatic heterocycles. The molecule has 0 saturated heterocycles. The summed E-state index contributed by atoms with van der Waals surface area (Å²) >= 11 is 0. The maximum atomic E-state index is 13.6. The Morgan fingerprint density at radius 2 is 0.886 bits per heavy atom. The van der Waals surface area contributed by atoms with Crippen LogP contribution in [0.25, 0.3) is 0 Å². The molecule has 2 aromatic carbocycles. The minimum Gasteiger partial charge on any atom is -0.379 e. The molecule has 8 heteroatoms. The van der Waals surface area contributed by atoms with Gasteiger partial charge in [0.25, 0.3) is 10.1 Å². The van der Waals surface area contributed by atoms with Gasteiger partial charge in [0.15, 0.2) is 0 Å². The molecule has 2 aromatic rings. The summed E-state index contributed by atoms with van der Waals surface area (Å²) in [5, 5.41) is 0. The molecule has 0 heterocycles. The second-order valence-electron chi connectivity index (χ2n) is 13.6. The van der Waals surface area contributed by atoms with Gasteiger partial charge in [0.05, 0.1) is 0 Å². The molecule has 5 rings (SSSR count). The summed E-state index contributed by atoms with van der Waals surface area (Å²) in [6.45, 7) is 0. The van der Waals surface area contributed by atoms with E-state index in [1.165, 1.54) is 63.4 Å². The van der Waals surface area contributed by atoms with E-state index < -0.39 is 20.2 Å². The van der Waals surface area contributed by atoms with E-state index in [4.69, 9.17) is 4.18 Å². The highest BCUT2D eigenvalue weighted by Crippen LogP contribution is 2.44. The molecule has 6 nitrogen and oxygen atoms in total. The Morgan fingerprint density at radius 1 is 0.523 bits per heavy atom. The lowest BCUT2D eigenvalue weighted by Crippen LogP contribution is -2.18. The summed E-state index contributed by atoms with van der Waals surface area (Å²) in [4.78, 5) is 0.0918. The Kier molecular flexibility index (Phi) is 11.9. The molecule has 44 heavy (non-hydrogen) atoms. The molecule has 0 amide bonds. The van der Waals surface area contributed by atoms with Gasteiger partial charge in [-0.05, 0) is 97.2 Å². The first-order chi connectivity index (χ1) is 21.2. The number of rotatable bonds is 7. The second kappa shape index (κ2) is 15.6. The Balaban J connectivity index is 1.42. The lowest BCUT2D eigenvalue weighted by molar-refractivity contribution is 0.416. The van der Waals surface area contributed by atoms with E-state index in [0.717, 1.165) is 77.0 Å². The first-order valence-corrected chi connectivity index (χ1v) is 20.3. The van der Waals surface area contributed by atoms with Gasteiger partial charge in [-0.1, -0.05) is 108 Å². The molecule has 0 bridgehead atoms. The Morgan fingerprint density at radius 3 is 1.30 bits per heavy atom. The molecule has 3 saturated carbocycles. The third-order valence-corrected chi connectivity index (χ3v) is 12.7. The van der Waals surface area contributed by atoms with Crippen LogP contribution in [0.3, 0.4) is 0 Å². The molecule has 3 fully saturated rings. The van der Waals surface area contributed by atoms with Gasteiger partial charge in [-0.15, -0.1) is 0 Å². The normalized spacial score (nSPS) is 21.3. The Labute approximate surface area is 266 Å². The third-order valence-electron chi connectivity index (χ3n) is 10.4. The van der Waals surface area contributed by atoms with Crippen LogP contribution in [0.5, 0.6) is 5.75 Å². The van der Waals surface area contributed by atoms with Crippen molar-refractivity contribution in [2.45, 2.75) is 162 Å². The van der Waals surface area contributed by atoms with E-state index in [2.05, 4.69) is 0 Å². The third kappa shape index (κ3) is 8.88. The highest BCUT2D eigenvalue weighted by atomic mass is 32.2. The quantitative estimate of drug-likeness (QED) is 0.238. The van der Waals surface area contributed by atoms with Gasteiger partial charge in [0.2, 0.25) is 0 Å². The van der Waals surface area contributed by atoms with Crippen molar-refractivity contribution in [3.05, 3.63) is 53.1 Å². The van der Waals surface area contributed by atoms with Gasteiger partial charge in [0, 0.05) is 0 Å². The first-order valence-electron chi connectivity index (χ1n) is 17.4. The number of benzene rings is 2. The van der Waals surface area contributed by atoms with Crippen molar-refractivity contribution in [3.8, 4) is 5.75 Å². The van der Waals surface area contributed by atoms with Gasteiger partial charge >= 0.3 is 10.1 Å². The standard InChI is InChI=1S/C36H52O6S2/c37-43(38,39)36-34(30-18-12-8-13-19-30)26-32(27-35(36)31-20-14-9-15-21-31)42-44(40,41)33-24-22-29(23-25-33)28-16-10-6-4-2-1-3-5-7-11-17-28/h22-28,30-31H,1-21H2,(H,37,38,39). The minimum absolute atomic E-state index is 0.0116. The van der Waals surface area contributed by atoms with Crippen molar-refractivity contribution in [2.75, 3.05) is 0 Å². The van der Waals surface area contributed by atoms with Crippen molar-refractivity contribution >= 4 is 20.2 Å². The van der Waals surface area contributed by atoms with Gasteiger partial charge in [-0.2, -0.15) is 16.8 Å². The summed E-state index contributed by atoms with van der Waals surface area (Å²) in [7, 11) is -8.66. The monoisotopic (exact) mass is 644 g/mol. The van der Waals surface area contributed by atoms with Crippen molar-refractivity contribution in [1.82, 2.24) is 0 Å². The molecule has 3 aliphatic rings. The minimum atomic E-state index is -4.51. The van der Waals surface area contributed by atoms with E-state index in [9.17, 15) is 21.4 Å². The summed E-state index contributed by atoms with van der Waals surface area (Å²) in [6.07, 6.45) is 23.2. The van der Waals surface area contributed by atoms with Gasteiger partial charge < -0.3 is 4.18 Å². The van der Waals surface area contributed by atoms with Crippen LogP contribution in [-0.2, 0) is 20.2 Å². The van der Waals surface area contributed by atoms with Crippen molar-refractivity contribution in [3.63, 3.8) is 0 Å². The molecule has 3 aliphatic carbocycles. The maximum absolute atomic E-state index is 13.6. The smallest absolute Gasteiger partial charge is 0.339 e. The molecule has 0 radical (unpaired) electrons. The fourth-order valence-electron chi connectivity index (χ4n) is 8.00. The lowest BCUT2D eigenvalue weighted by atomic mass is 9.79. The average Bonchev–Trinajstić information content (AvgIpc) is 3.01. The summed E-state index contributed by atoms with van der Waals surface area (Å²) in [5.41, 5.74) is 2.22. The SMILES string of the molecule is O=S(=O)(O)c1c(C2CCCCC2)cc(OS(=O)(=O)c2ccc(C3CCCCCCCCCCC3)cc2)cc1C1CCCCC1. The predicted molar refractivity (Wildman–Crippen MR) is 176 cm³/mol. The van der Waals surface area contributed by atoms with Crippen molar-refractivity contribution in [2.24, 2.45) is 0 Å². The zero-order valence-electron chi connectivity index (χ0n) is 26.4. The number of hydrogen-bond acceptors (Lipinski definition) is 5. The molecular weight excluding hydrogens is 593 g/mol. The molecule has 0 spiro atoms. The molecule has 0 atom stereocenters. The fourth-order valence-corrected chi connectivity index (χ4v) is 9.97. The first kappa shape index (κ1) is 33.5. The predicted octanol–water partition coefficient (Wildman–Crippen LogP) is 10.2. The maximum Gasteiger partial charge on any atom is 0.339 e. The Hall–Kier alpha value is -1.90. The zero-order chi connectivity index (χ0) is 31.0. The van der Waals surface area contributed by atoms with E-state index in [-0.39, 0.29) is 27.4 Å². The van der Waals surface area contributed by atoms with E-state index in [0.29, 0.717) is 17.0 Å². The fraction of sp³-hybridized carbons (Fsp3) is 0.667. The van der Waals surface area contributed by atoms with Crippen LogP contribution in [0, 0.1) is 0 Å². The van der Waals surface area contributed by atoms with Crippen LogP contribution in [0.2, 0.25) is 0 Å². The average molecular weight is 645 g/mol. The Bertz CT molecular complexity index is 1370. The molecular formula is C36H52O6S2. The summed E-state index contributed by atoms with van der Waals surface area (Å²) < 4.78 is 69.2. The van der Waals surface area contributed by atoms with Gasteiger partial charge in [-0.3, -0.25) is 4.55 Å². The van der Waals surface area contributed by atoms with Crippen LogP contribution < -0.4 is 4.18 Å². The van der Waals surface area contributed by atoms with Crippen LogP contribution in [-0.4, -0.2) is 21.4 Å². The van der Waals surface area contributed by atoms with Gasteiger partial charge in [0.1, 0.15) is 15.5 Å². The highest BCUT2D eigenvalue weighted by molar-refractivity contribution is 7.87. The van der Waals surface area contributed by atoms with E-state index >= 15 is 0 Å². The van der Waals surface area contributed by atoms with Crippen LogP contribution >= 0.6 is 0 Å². The number of hydrogen-bond donors (Lipinski definition) is 1. The van der Waals surface area contributed by atoms with E-state index in [1.54, 1.807) is 24.3 Å². The molecule has 244 valence electrons. The topological polar surface area (TPSA) is 97.7 Å². The van der Waals surface area contributed by atoms with Crippen molar-refractivity contribution in [1.29, 1.82) is 0 Å². The largest absolute Gasteiger partial charge is 0.379 e. The van der Waals surface area contributed by atoms with Crippen LogP contribution in [0.1, 0.15) is 169 Å². The molecule has 1 N–H and O–H groups in total. The highest BCUT2D eigenvalue weighted by Gasteiger charge is 2.32. The summed E-state index contributed by atoms with van der Waals surface area (Å²) in [5.74, 6) is 0.470.